The van der Waals surface area contributed by atoms with Crippen LogP contribution >= 0.6 is 0 Å². The molecule has 1 aliphatic carbocycles. The minimum Gasteiger partial charge on any atom is -0.478 e. The monoisotopic (exact) mass is 278 g/mol. The van der Waals surface area contributed by atoms with Gasteiger partial charge in [0.15, 0.2) is 0 Å². The van der Waals surface area contributed by atoms with E-state index in [0.29, 0.717) is 24.7 Å². The molecule has 0 aliphatic heterocycles. The summed E-state index contributed by atoms with van der Waals surface area (Å²) < 4.78 is 0. The fraction of sp³-hybridized carbons (Fsp3) is 0.533. The summed E-state index contributed by atoms with van der Waals surface area (Å²) in [6.07, 6.45) is 4.23. The van der Waals surface area contributed by atoms with E-state index in [1.807, 2.05) is 6.07 Å². The molecular formula is C15H22N2O3. The van der Waals surface area contributed by atoms with E-state index in [0.717, 1.165) is 24.9 Å². The Bertz CT molecular complexity index is 472. The van der Waals surface area contributed by atoms with Gasteiger partial charge in [0.05, 0.1) is 5.56 Å². The van der Waals surface area contributed by atoms with E-state index in [2.05, 4.69) is 4.90 Å². The van der Waals surface area contributed by atoms with Gasteiger partial charge >= 0.3 is 5.97 Å². The number of carboxylic acid groups (broad SMARTS) is 1. The normalized spacial score (nSPS) is 15.3. The van der Waals surface area contributed by atoms with Crippen LogP contribution in [-0.2, 0) is 6.54 Å². The van der Waals surface area contributed by atoms with Gasteiger partial charge in [-0.1, -0.05) is 18.6 Å². The van der Waals surface area contributed by atoms with Crippen LogP contribution in [0.25, 0.3) is 0 Å². The van der Waals surface area contributed by atoms with Crippen molar-refractivity contribution in [2.45, 2.75) is 38.3 Å². The number of carboxylic acids is 1. The number of rotatable bonds is 7. The van der Waals surface area contributed by atoms with Crippen LogP contribution in [-0.4, -0.2) is 40.3 Å². The molecule has 1 aromatic carbocycles. The maximum absolute atomic E-state index is 11.4. The van der Waals surface area contributed by atoms with Crippen molar-refractivity contribution in [3.63, 3.8) is 0 Å². The second-order valence-electron chi connectivity index (χ2n) is 5.32. The molecule has 4 N–H and O–H groups in total. The Kier molecular flexibility index (Phi) is 4.98. The fourth-order valence-electron chi connectivity index (χ4n) is 2.65. The molecule has 0 saturated heterocycles. The first-order valence-electron chi connectivity index (χ1n) is 7.09. The number of nitrogen functional groups attached to an aromatic ring is 1. The smallest absolute Gasteiger partial charge is 0.338 e. The lowest BCUT2D eigenvalue weighted by atomic mass is 9.90. The average Bonchev–Trinajstić information content (AvgIpc) is 2.33. The third-order valence-electron chi connectivity index (χ3n) is 3.96. The van der Waals surface area contributed by atoms with E-state index < -0.39 is 5.97 Å². The molecule has 110 valence electrons. The van der Waals surface area contributed by atoms with E-state index in [1.165, 1.54) is 6.42 Å². The summed E-state index contributed by atoms with van der Waals surface area (Å²) in [4.78, 5) is 13.6. The second-order valence-corrected chi connectivity index (χ2v) is 5.32. The van der Waals surface area contributed by atoms with Gasteiger partial charge in [-0.25, -0.2) is 4.79 Å². The van der Waals surface area contributed by atoms with Crippen molar-refractivity contribution in [1.82, 2.24) is 4.90 Å². The Labute approximate surface area is 119 Å². The van der Waals surface area contributed by atoms with Crippen molar-refractivity contribution in [3.8, 4) is 0 Å². The van der Waals surface area contributed by atoms with Crippen molar-refractivity contribution >= 4 is 11.7 Å². The van der Waals surface area contributed by atoms with E-state index in [-0.39, 0.29) is 12.2 Å². The van der Waals surface area contributed by atoms with Gasteiger partial charge in [0.2, 0.25) is 0 Å². The van der Waals surface area contributed by atoms with Crippen LogP contribution in [0, 0.1) is 0 Å². The number of hydrogen-bond acceptors (Lipinski definition) is 4. The first-order valence-corrected chi connectivity index (χ1v) is 7.09. The highest BCUT2D eigenvalue weighted by atomic mass is 16.4. The van der Waals surface area contributed by atoms with Crippen molar-refractivity contribution in [2.24, 2.45) is 0 Å². The van der Waals surface area contributed by atoms with Crippen LogP contribution in [0.5, 0.6) is 0 Å². The van der Waals surface area contributed by atoms with Crippen LogP contribution in [0.1, 0.15) is 41.6 Å². The molecule has 0 amide bonds. The predicted molar refractivity (Wildman–Crippen MR) is 77.6 cm³/mol. The molecule has 1 aliphatic rings. The molecule has 0 heterocycles. The molecule has 2 rings (SSSR count). The summed E-state index contributed by atoms with van der Waals surface area (Å²) in [7, 11) is 0. The van der Waals surface area contributed by atoms with Gasteiger partial charge in [0.1, 0.15) is 0 Å². The van der Waals surface area contributed by atoms with Gasteiger partial charge in [0, 0.05) is 31.4 Å². The molecule has 1 fully saturated rings. The summed E-state index contributed by atoms with van der Waals surface area (Å²) in [5.41, 5.74) is 7.05. The van der Waals surface area contributed by atoms with Crippen molar-refractivity contribution in [1.29, 1.82) is 0 Å². The third kappa shape index (κ3) is 3.29. The first kappa shape index (κ1) is 14.8. The molecule has 0 spiro atoms. The Balaban J connectivity index is 2.17. The predicted octanol–water partition coefficient (Wildman–Crippen LogP) is 1.70. The highest BCUT2D eigenvalue weighted by Gasteiger charge is 2.26. The second kappa shape index (κ2) is 6.72. The number of aliphatic hydroxyl groups is 1. The van der Waals surface area contributed by atoms with Gasteiger partial charge in [-0.15, -0.1) is 0 Å². The van der Waals surface area contributed by atoms with Crippen molar-refractivity contribution in [3.05, 3.63) is 29.3 Å². The summed E-state index contributed by atoms with van der Waals surface area (Å²) in [5.74, 6) is -0.978. The van der Waals surface area contributed by atoms with E-state index in [4.69, 9.17) is 10.8 Å². The molecule has 0 radical (unpaired) electrons. The minimum absolute atomic E-state index is 0.159. The number of anilines is 1. The Morgan fingerprint density at radius 2 is 2.15 bits per heavy atom. The van der Waals surface area contributed by atoms with E-state index in [1.54, 1.807) is 12.1 Å². The first-order chi connectivity index (χ1) is 9.63. The molecule has 1 saturated carbocycles. The van der Waals surface area contributed by atoms with Crippen molar-refractivity contribution < 1.29 is 15.0 Å². The summed E-state index contributed by atoms with van der Waals surface area (Å²) in [6.45, 7) is 1.53. The van der Waals surface area contributed by atoms with E-state index >= 15 is 0 Å². The zero-order chi connectivity index (χ0) is 14.5. The minimum atomic E-state index is -0.978. The lowest BCUT2D eigenvalue weighted by molar-refractivity contribution is 0.0691. The zero-order valence-corrected chi connectivity index (χ0v) is 11.6. The maximum Gasteiger partial charge on any atom is 0.338 e. The van der Waals surface area contributed by atoms with Crippen LogP contribution in [0.3, 0.4) is 0 Å². The number of carbonyl (C=O) groups is 1. The number of aliphatic hydroxyl groups excluding tert-OH is 1. The molecule has 0 unspecified atom stereocenters. The van der Waals surface area contributed by atoms with Crippen LogP contribution < -0.4 is 5.73 Å². The molecule has 5 heteroatoms. The topological polar surface area (TPSA) is 86.8 Å². The molecule has 1 aromatic rings. The molecule has 5 nitrogen and oxygen atoms in total. The Hall–Kier alpha value is -1.59. The highest BCUT2D eigenvalue weighted by Crippen LogP contribution is 2.28. The summed E-state index contributed by atoms with van der Waals surface area (Å²) in [6, 6.07) is 5.74. The van der Waals surface area contributed by atoms with Gasteiger partial charge in [0.25, 0.3) is 0 Å². The van der Waals surface area contributed by atoms with Crippen LogP contribution in [0.15, 0.2) is 18.2 Å². The maximum atomic E-state index is 11.4. The van der Waals surface area contributed by atoms with Gasteiger partial charge in [-0.3, -0.25) is 4.90 Å². The van der Waals surface area contributed by atoms with Crippen LogP contribution in [0.2, 0.25) is 0 Å². The molecule has 0 aromatic heterocycles. The van der Waals surface area contributed by atoms with Gasteiger partial charge in [-0.2, -0.15) is 0 Å². The Morgan fingerprint density at radius 1 is 1.40 bits per heavy atom. The molecule has 0 bridgehead atoms. The number of nitrogens with zero attached hydrogens (tertiary/aromatic N) is 1. The lowest BCUT2D eigenvalue weighted by Crippen LogP contribution is -2.40. The molecule has 20 heavy (non-hydrogen) atoms. The SMILES string of the molecule is Nc1cccc(CN(CCCO)C2CCC2)c1C(=O)O. The number of benzene rings is 1. The fourth-order valence-corrected chi connectivity index (χ4v) is 2.65. The quantitative estimate of drug-likeness (QED) is 0.661. The largest absolute Gasteiger partial charge is 0.478 e. The summed E-state index contributed by atoms with van der Waals surface area (Å²) >= 11 is 0. The standard InChI is InChI=1S/C15H22N2O3/c16-13-7-1-4-11(14(13)15(19)20)10-17(8-3-9-18)12-5-2-6-12/h1,4,7,12,18H,2-3,5-6,8-10,16H2,(H,19,20). The van der Waals surface area contributed by atoms with Gasteiger partial charge in [-0.05, 0) is 30.9 Å². The van der Waals surface area contributed by atoms with Gasteiger partial charge < -0.3 is 15.9 Å². The third-order valence-corrected chi connectivity index (χ3v) is 3.96. The molecule has 0 atom stereocenters. The number of hydrogen-bond donors (Lipinski definition) is 3. The average molecular weight is 278 g/mol. The lowest BCUT2D eigenvalue weighted by Gasteiger charge is -2.38. The molecular weight excluding hydrogens is 256 g/mol. The van der Waals surface area contributed by atoms with Crippen LogP contribution in [0.4, 0.5) is 5.69 Å². The number of aromatic carboxylic acids is 1. The summed E-state index contributed by atoms with van der Waals surface area (Å²) in [5, 5.41) is 18.3. The van der Waals surface area contributed by atoms with E-state index in [9.17, 15) is 9.90 Å². The van der Waals surface area contributed by atoms with Crippen molar-refractivity contribution in [2.75, 3.05) is 18.9 Å². The Morgan fingerprint density at radius 3 is 2.70 bits per heavy atom. The highest BCUT2D eigenvalue weighted by molar-refractivity contribution is 5.95. The zero-order valence-electron chi connectivity index (χ0n) is 11.6. The number of nitrogens with two attached hydrogens (primary N) is 1.